The van der Waals surface area contributed by atoms with E-state index in [0.29, 0.717) is 23.1 Å². The molecule has 5 rings (SSSR count). The highest BCUT2D eigenvalue weighted by atomic mass is 32.2. The highest BCUT2D eigenvalue weighted by molar-refractivity contribution is 7.92. The molecule has 0 aromatic heterocycles. The van der Waals surface area contributed by atoms with Gasteiger partial charge in [0.15, 0.2) is 0 Å². The first-order valence-electron chi connectivity index (χ1n) is 12.5. The first-order chi connectivity index (χ1) is 17.6. The molecule has 2 N–H and O–H groups in total. The number of allylic oxidation sites excluding steroid dienone is 2. The predicted octanol–water partition coefficient (Wildman–Crippen LogP) is 6.63. The third-order valence-corrected chi connectivity index (χ3v) is 8.79. The van der Waals surface area contributed by atoms with Crippen LogP contribution in [0.5, 0.6) is 11.5 Å². The van der Waals surface area contributed by atoms with Crippen LogP contribution in [0.2, 0.25) is 0 Å². The Hall–Kier alpha value is -3.45. The molecule has 0 spiro atoms. The third-order valence-electron chi connectivity index (χ3n) is 7.43. The Morgan fingerprint density at radius 3 is 2.38 bits per heavy atom. The molecule has 0 saturated carbocycles. The van der Waals surface area contributed by atoms with E-state index in [2.05, 4.69) is 67.2 Å². The van der Waals surface area contributed by atoms with Crippen LogP contribution in [0.4, 0.5) is 11.4 Å². The molecule has 6 nitrogen and oxygen atoms in total. The maximum absolute atomic E-state index is 13.4. The zero-order valence-corrected chi connectivity index (χ0v) is 22.7. The summed E-state index contributed by atoms with van der Waals surface area (Å²) in [5.74, 6) is 1.42. The molecule has 1 aliphatic carbocycles. The van der Waals surface area contributed by atoms with E-state index in [1.54, 1.807) is 30.3 Å². The summed E-state index contributed by atoms with van der Waals surface area (Å²) >= 11 is 0. The number of ether oxygens (including phenoxy) is 2. The molecule has 0 bridgehead atoms. The molecule has 0 saturated heterocycles. The molecular weight excluding hydrogens is 484 g/mol. The van der Waals surface area contributed by atoms with Gasteiger partial charge >= 0.3 is 0 Å². The van der Waals surface area contributed by atoms with Gasteiger partial charge in [-0.25, -0.2) is 8.42 Å². The van der Waals surface area contributed by atoms with E-state index in [1.165, 1.54) is 25.3 Å². The summed E-state index contributed by atoms with van der Waals surface area (Å²) in [6.07, 6.45) is 5.37. The summed E-state index contributed by atoms with van der Waals surface area (Å²) in [4.78, 5) is 0.213. The average Bonchev–Trinajstić information content (AvgIpc) is 3.37. The van der Waals surface area contributed by atoms with Crippen LogP contribution in [-0.4, -0.2) is 22.6 Å². The molecule has 0 amide bonds. The number of rotatable bonds is 6. The van der Waals surface area contributed by atoms with Crippen molar-refractivity contribution >= 4 is 21.4 Å². The van der Waals surface area contributed by atoms with E-state index >= 15 is 0 Å². The fourth-order valence-corrected chi connectivity index (χ4v) is 6.45. The van der Waals surface area contributed by atoms with Gasteiger partial charge in [-0.1, -0.05) is 57.2 Å². The van der Waals surface area contributed by atoms with E-state index in [-0.39, 0.29) is 22.3 Å². The number of methoxy groups -OCH3 is 2. The number of fused-ring (bicyclic) bond motifs is 3. The molecule has 3 atom stereocenters. The summed E-state index contributed by atoms with van der Waals surface area (Å²) in [6, 6.07) is 19.4. The average molecular weight is 519 g/mol. The van der Waals surface area contributed by atoms with E-state index in [9.17, 15) is 8.42 Å². The van der Waals surface area contributed by atoms with Gasteiger partial charge in [0.25, 0.3) is 10.0 Å². The Labute approximate surface area is 219 Å². The Balaban J connectivity index is 1.46. The molecular formula is C30H34N2O4S. The molecule has 194 valence electrons. The SMILES string of the molecule is COc1ccc(OC)c(NS(=O)(=O)c2ccc3c(c2)[C@H]2C=CC[C@H]2[C@@H](c2ccc(C(C)(C)C)cc2)N3)c1. The molecule has 3 aromatic rings. The quantitative estimate of drug-likeness (QED) is 0.358. The van der Waals surface area contributed by atoms with Crippen LogP contribution >= 0.6 is 0 Å². The molecule has 1 aliphatic heterocycles. The lowest BCUT2D eigenvalue weighted by atomic mass is 9.76. The van der Waals surface area contributed by atoms with E-state index < -0.39 is 10.0 Å². The lowest BCUT2D eigenvalue weighted by Gasteiger charge is -2.38. The molecule has 0 unspecified atom stereocenters. The van der Waals surface area contributed by atoms with Gasteiger partial charge in [0.1, 0.15) is 11.5 Å². The molecule has 1 heterocycles. The second kappa shape index (κ2) is 9.45. The standard InChI is InChI=1S/C30H34N2O4S/c1-30(2,3)20-11-9-19(10-12-20)29-24-8-6-7-23(24)25-18-22(14-15-26(25)31-29)37(33,34)32-27-17-21(35-4)13-16-28(27)36-5/h6-7,9-18,23-24,29,31-32H,8H2,1-5H3/t23-,24+,29+/m0/s1. The second-order valence-electron chi connectivity index (χ2n) is 10.8. The van der Waals surface area contributed by atoms with Crippen molar-refractivity contribution in [3.8, 4) is 11.5 Å². The summed E-state index contributed by atoms with van der Waals surface area (Å²) < 4.78 is 40.1. The lowest BCUT2D eigenvalue weighted by Crippen LogP contribution is -2.29. The normalized spacial score (nSPS) is 20.5. The number of hydrogen-bond donors (Lipinski definition) is 2. The van der Waals surface area contributed by atoms with Crippen molar-refractivity contribution in [2.45, 2.75) is 49.5 Å². The zero-order valence-electron chi connectivity index (χ0n) is 21.9. The fourth-order valence-electron chi connectivity index (χ4n) is 5.36. The Bertz CT molecular complexity index is 1440. The maximum atomic E-state index is 13.4. The number of hydrogen-bond acceptors (Lipinski definition) is 5. The molecule has 0 radical (unpaired) electrons. The van der Waals surface area contributed by atoms with Crippen molar-refractivity contribution in [3.63, 3.8) is 0 Å². The van der Waals surface area contributed by atoms with Crippen molar-refractivity contribution in [2.24, 2.45) is 5.92 Å². The van der Waals surface area contributed by atoms with Crippen molar-refractivity contribution in [2.75, 3.05) is 24.3 Å². The molecule has 7 heteroatoms. The maximum Gasteiger partial charge on any atom is 0.262 e. The van der Waals surface area contributed by atoms with Crippen LogP contribution in [0.25, 0.3) is 0 Å². The highest BCUT2D eigenvalue weighted by Gasteiger charge is 2.38. The number of anilines is 2. The Kier molecular flexibility index (Phi) is 6.44. The number of benzene rings is 3. The molecule has 0 fully saturated rings. The van der Waals surface area contributed by atoms with Gasteiger partial charge in [0.2, 0.25) is 0 Å². The van der Waals surface area contributed by atoms with Crippen molar-refractivity contribution in [1.82, 2.24) is 0 Å². The molecule has 3 aromatic carbocycles. The van der Waals surface area contributed by atoms with Crippen molar-refractivity contribution in [3.05, 3.63) is 89.5 Å². The van der Waals surface area contributed by atoms with E-state index in [4.69, 9.17) is 9.47 Å². The highest BCUT2D eigenvalue weighted by Crippen LogP contribution is 2.50. The van der Waals surface area contributed by atoms with Crippen LogP contribution in [0.1, 0.15) is 55.8 Å². The van der Waals surface area contributed by atoms with E-state index in [0.717, 1.165) is 17.7 Å². The largest absolute Gasteiger partial charge is 0.497 e. The van der Waals surface area contributed by atoms with Crippen molar-refractivity contribution in [1.29, 1.82) is 0 Å². The van der Waals surface area contributed by atoms with Crippen molar-refractivity contribution < 1.29 is 17.9 Å². The molecule has 37 heavy (non-hydrogen) atoms. The fraction of sp³-hybridized carbons (Fsp3) is 0.333. The second-order valence-corrected chi connectivity index (χ2v) is 12.5. The third kappa shape index (κ3) is 4.80. The summed E-state index contributed by atoms with van der Waals surface area (Å²) in [5.41, 5.74) is 4.96. The van der Waals surface area contributed by atoms with Gasteiger partial charge in [-0.2, -0.15) is 0 Å². The van der Waals surface area contributed by atoms with Gasteiger partial charge in [0.05, 0.1) is 30.8 Å². The van der Waals surface area contributed by atoms with Crippen LogP contribution in [0.3, 0.4) is 0 Å². The topological polar surface area (TPSA) is 76.7 Å². The van der Waals surface area contributed by atoms with Crippen LogP contribution < -0.4 is 19.5 Å². The predicted molar refractivity (Wildman–Crippen MR) is 148 cm³/mol. The summed E-state index contributed by atoms with van der Waals surface area (Å²) in [7, 11) is -0.815. The van der Waals surface area contributed by atoms with Crippen LogP contribution in [-0.2, 0) is 15.4 Å². The summed E-state index contributed by atoms with van der Waals surface area (Å²) in [6.45, 7) is 6.66. The minimum atomic E-state index is -3.86. The minimum Gasteiger partial charge on any atom is -0.497 e. The number of nitrogens with one attached hydrogen (secondary N) is 2. The lowest BCUT2D eigenvalue weighted by molar-refractivity contribution is 0.405. The number of sulfonamides is 1. The van der Waals surface area contributed by atoms with Gasteiger partial charge in [-0.15, -0.1) is 0 Å². The Morgan fingerprint density at radius 2 is 1.70 bits per heavy atom. The summed E-state index contributed by atoms with van der Waals surface area (Å²) in [5, 5.41) is 3.71. The van der Waals surface area contributed by atoms with Crippen LogP contribution in [0.15, 0.2) is 77.7 Å². The first kappa shape index (κ1) is 25.2. The molecule has 2 aliphatic rings. The Morgan fingerprint density at radius 1 is 0.946 bits per heavy atom. The zero-order chi connectivity index (χ0) is 26.4. The minimum absolute atomic E-state index is 0.105. The van der Waals surface area contributed by atoms with Gasteiger partial charge < -0.3 is 14.8 Å². The first-order valence-corrected chi connectivity index (χ1v) is 14.0. The van der Waals surface area contributed by atoms with Gasteiger partial charge in [0, 0.05) is 17.7 Å². The van der Waals surface area contributed by atoms with Crippen LogP contribution in [0, 0.1) is 5.92 Å². The van der Waals surface area contributed by atoms with Gasteiger partial charge in [-0.05, 0) is 64.8 Å². The van der Waals surface area contributed by atoms with E-state index in [1.807, 2.05) is 6.07 Å². The smallest absolute Gasteiger partial charge is 0.262 e. The van der Waals surface area contributed by atoms with Gasteiger partial charge in [-0.3, -0.25) is 4.72 Å². The monoisotopic (exact) mass is 518 g/mol.